The van der Waals surface area contributed by atoms with Crippen LogP contribution in [0.4, 0.5) is 10.2 Å². The molecule has 0 radical (unpaired) electrons. The molecule has 0 atom stereocenters. The van der Waals surface area contributed by atoms with E-state index in [0.29, 0.717) is 18.5 Å². The van der Waals surface area contributed by atoms with E-state index < -0.39 is 0 Å². The van der Waals surface area contributed by atoms with Crippen LogP contribution in [-0.4, -0.2) is 56.3 Å². The van der Waals surface area contributed by atoms with Crippen molar-refractivity contribution >= 4 is 17.4 Å². The summed E-state index contributed by atoms with van der Waals surface area (Å²) >= 11 is 0. The number of amides is 1. The fourth-order valence-corrected chi connectivity index (χ4v) is 5.07. The Labute approximate surface area is 187 Å². The molecule has 0 bridgehead atoms. The number of nitrogens with zero attached hydrogens (tertiary/aromatic N) is 6. The average Bonchev–Trinajstić information content (AvgIpc) is 3.52. The van der Waals surface area contributed by atoms with Gasteiger partial charge in [0.2, 0.25) is 5.91 Å². The molecule has 8 heteroatoms. The largest absolute Gasteiger partial charge is 0.355 e. The number of hydrogen-bond donors (Lipinski definition) is 0. The van der Waals surface area contributed by atoms with Crippen LogP contribution < -0.4 is 4.90 Å². The Morgan fingerprint density at radius 3 is 2.53 bits per heavy atom. The Morgan fingerprint density at radius 2 is 1.78 bits per heavy atom. The Kier molecular flexibility index (Phi) is 6.01. The maximum atomic E-state index is 13.6. The maximum absolute atomic E-state index is 13.6. The van der Waals surface area contributed by atoms with Gasteiger partial charge in [-0.3, -0.25) is 4.79 Å². The molecule has 2 aromatic heterocycles. The lowest BCUT2D eigenvalue weighted by atomic mass is 9.94. The third kappa shape index (κ3) is 4.45. The first kappa shape index (κ1) is 20.8. The number of carbonyl (C=O) groups excluding carboxylic acids is 1. The molecule has 0 unspecified atom stereocenters. The van der Waals surface area contributed by atoms with Crippen LogP contribution in [0.5, 0.6) is 0 Å². The molecule has 32 heavy (non-hydrogen) atoms. The summed E-state index contributed by atoms with van der Waals surface area (Å²) in [6.45, 7) is 2.34. The second kappa shape index (κ2) is 9.22. The van der Waals surface area contributed by atoms with E-state index in [9.17, 15) is 9.18 Å². The molecule has 2 aliphatic rings. The third-order valence-corrected chi connectivity index (χ3v) is 6.92. The minimum Gasteiger partial charge on any atom is -0.355 e. The van der Waals surface area contributed by atoms with Gasteiger partial charge in [-0.25, -0.2) is 4.39 Å². The number of carbonyl (C=O) groups is 1. The molecule has 2 fully saturated rings. The van der Waals surface area contributed by atoms with E-state index in [1.165, 1.54) is 25.0 Å². The highest BCUT2D eigenvalue weighted by molar-refractivity contribution is 5.79. The second-order valence-electron chi connectivity index (χ2n) is 8.93. The molecule has 1 aromatic carbocycles. The number of rotatable bonds is 6. The maximum Gasteiger partial charge on any atom is 0.226 e. The summed E-state index contributed by atoms with van der Waals surface area (Å²) in [5.74, 6) is 1.02. The van der Waals surface area contributed by atoms with Crippen LogP contribution in [0.1, 0.15) is 44.1 Å². The number of hydrogen-bond acceptors (Lipinski definition) is 5. The monoisotopic (exact) mass is 436 g/mol. The van der Waals surface area contributed by atoms with Crippen LogP contribution in [-0.2, 0) is 11.2 Å². The van der Waals surface area contributed by atoms with Crippen LogP contribution in [0.15, 0.2) is 42.7 Å². The highest BCUT2D eigenvalue weighted by Crippen LogP contribution is 2.29. The normalized spacial score (nSPS) is 17.8. The number of aromatic nitrogens is 4. The first-order chi connectivity index (χ1) is 15.7. The Morgan fingerprint density at radius 1 is 1.03 bits per heavy atom. The molecule has 0 N–H and O–H groups in total. The summed E-state index contributed by atoms with van der Waals surface area (Å²) in [5.41, 5.74) is 1.81. The molecule has 0 spiro atoms. The van der Waals surface area contributed by atoms with Gasteiger partial charge in [0.05, 0.1) is 0 Å². The lowest BCUT2D eigenvalue weighted by Gasteiger charge is -2.37. The van der Waals surface area contributed by atoms with Crippen molar-refractivity contribution in [2.45, 2.75) is 51.0 Å². The molecular weight excluding hydrogens is 407 g/mol. The summed E-state index contributed by atoms with van der Waals surface area (Å²) in [5, 5.41) is 12.5. The predicted octanol–water partition coefficient (Wildman–Crippen LogP) is 3.49. The van der Waals surface area contributed by atoms with Crippen LogP contribution in [0, 0.1) is 11.7 Å². The van der Waals surface area contributed by atoms with E-state index in [0.717, 1.165) is 62.2 Å². The number of benzene rings is 1. The third-order valence-electron chi connectivity index (χ3n) is 6.92. The van der Waals surface area contributed by atoms with E-state index >= 15 is 0 Å². The van der Waals surface area contributed by atoms with Crippen molar-refractivity contribution in [3.63, 3.8) is 0 Å². The lowest BCUT2D eigenvalue weighted by Crippen LogP contribution is -2.47. The zero-order valence-electron chi connectivity index (χ0n) is 18.2. The van der Waals surface area contributed by atoms with Gasteiger partial charge in [0, 0.05) is 31.6 Å². The molecule has 5 rings (SSSR count). The van der Waals surface area contributed by atoms with Gasteiger partial charge >= 0.3 is 0 Å². The Hall–Kier alpha value is -3.03. The smallest absolute Gasteiger partial charge is 0.226 e. The number of piperidine rings is 1. The Bertz CT molecular complexity index is 1050. The number of anilines is 1. The standard InChI is InChI=1S/C24H29FN6O/c25-20-7-5-18(6-8-20)11-16-30(21-3-1-2-4-21)24(32)19-12-14-29(15-13-19)23-10-9-22-27-26-17-31(22)28-23/h5-10,17,19,21H,1-4,11-16H2. The van der Waals surface area contributed by atoms with Gasteiger partial charge in [-0.15, -0.1) is 15.3 Å². The van der Waals surface area contributed by atoms with Crippen molar-refractivity contribution in [1.29, 1.82) is 0 Å². The zero-order chi connectivity index (χ0) is 21.9. The SMILES string of the molecule is O=C(C1CCN(c2ccc3nncn3n2)CC1)N(CCc1ccc(F)cc1)C1CCCC1. The van der Waals surface area contributed by atoms with Crippen molar-refractivity contribution in [3.05, 3.63) is 54.1 Å². The van der Waals surface area contributed by atoms with Crippen molar-refractivity contribution in [1.82, 2.24) is 24.7 Å². The molecule has 168 valence electrons. The molecule has 1 aliphatic heterocycles. The molecule has 1 aliphatic carbocycles. The summed E-state index contributed by atoms with van der Waals surface area (Å²) in [6.07, 6.45) is 8.62. The highest BCUT2D eigenvalue weighted by Gasteiger charge is 2.33. The van der Waals surface area contributed by atoms with Gasteiger partial charge in [-0.05, 0) is 61.9 Å². The number of halogens is 1. The first-order valence-electron chi connectivity index (χ1n) is 11.6. The highest BCUT2D eigenvalue weighted by atomic mass is 19.1. The van der Waals surface area contributed by atoms with E-state index in [1.54, 1.807) is 10.8 Å². The summed E-state index contributed by atoms with van der Waals surface area (Å²) in [6, 6.07) is 10.9. The molecule has 1 saturated heterocycles. The van der Waals surface area contributed by atoms with Crippen LogP contribution in [0.3, 0.4) is 0 Å². The lowest BCUT2D eigenvalue weighted by molar-refractivity contribution is -0.138. The summed E-state index contributed by atoms with van der Waals surface area (Å²) in [4.78, 5) is 17.9. The molecular formula is C24H29FN6O. The number of fused-ring (bicyclic) bond motifs is 1. The quantitative estimate of drug-likeness (QED) is 0.592. The Balaban J connectivity index is 1.22. The van der Waals surface area contributed by atoms with E-state index in [1.807, 2.05) is 24.3 Å². The summed E-state index contributed by atoms with van der Waals surface area (Å²) in [7, 11) is 0. The molecule has 1 saturated carbocycles. The minimum atomic E-state index is -0.220. The second-order valence-corrected chi connectivity index (χ2v) is 8.93. The van der Waals surface area contributed by atoms with Gasteiger partial charge in [0.1, 0.15) is 18.0 Å². The van der Waals surface area contributed by atoms with Crippen molar-refractivity contribution in [2.24, 2.45) is 5.92 Å². The fourth-order valence-electron chi connectivity index (χ4n) is 5.07. The molecule has 3 heterocycles. The predicted molar refractivity (Wildman–Crippen MR) is 120 cm³/mol. The molecule has 1 amide bonds. The fraction of sp³-hybridized carbons (Fsp3) is 0.500. The van der Waals surface area contributed by atoms with Gasteiger partial charge in [-0.1, -0.05) is 25.0 Å². The first-order valence-corrected chi connectivity index (χ1v) is 11.6. The van der Waals surface area contributed by atoms with E-state index in [4.69, 9.17) is 0 Å². The summed E-state index contributed by atoms with van der Waals surface area (Å²) < 4.78 is 14.9. The molecule has 3 aromatic rings. The molecule has 7 nitrogen and oxygen atoms in total. The van der Waals surface area contributed by atoms with Crippen molar-refractivity contribution in [3.8, 4) is 0 Å². The van der Waals surface area contributed by atoms with E-state index in [2.05, 4.69) is 25.1 Å². The van der Waals surface area contributed by atoms with Crippen LogP contribution in [0.25, 0.3) is 5.65 Å². The average molecular weight is 437 g/mol. The van der Waals surface area contributed by atoms with Crippen molar-refractivity contribution in [2.75, 3.05) is 24.5 Å². The van der Waals surface area contributed by atoms with Crippen LogP contribution in [0.2, 0.25) is 0 Å². The van der Waals surface area contributed by atoms with Gasteiger partial charge < -0.3 is 9.80 Å². The van der Waals surface area contributed by atoms with Gasteiger partial charge in [0.25, 0.3) is 0 Å². The van der Waals surface area contributed by atoms with Gasteiger partial charge in [0.15, 0.2) is 5.65 Å². The van der Waals surface area contributed by atoms with E-state index in [-0.39, 0.29) is 11.7 Å². The van der Waals surface area contributed by atoms with Crippen molar-refractivity contribution < 1.29 is 9.18 Å². The zero-order valence-corrected chi connectivity index (χ0v) is 18.2. The minimum absolute atomic E-state index is 0.0544. The van der Waals surface area contributed by atoms with Crippen LogP contribution >= 0.6 is 0 Å². The topological polar surface area (TPSA) is 66.6 Å². The van der Waals surface area contributed by atoms with Gasteiger partial charge in [-0.2, -0.15) is 4.52 Å².